The first kappa shape index (κ1) is 17.8. The smallest absolute Gasteiger partial charge is 0.326 e. The molecule has 0 fully saturated rings. The molecular formula is C20H22BrNO3. The van der Waals surface area contributed by atoms with Gasteiger partial charge in [0.25, 0.3) is 0 Å². The summed E-state index contributed by atoms with van der Waals surface area (Å²) in [5.74, 6) is -0.0234. The fraction of sp³-hybridized carbons (Fsp3) is 0.350. The Morgan fingerprint density at radius 1 is 1.32 bits per heavy atom. The maximum absolute atomic E-state index is 11.9. The predicted molar refractivity (Wildman–Crippen MR) is 102 cm³/mol. The standard InChI is InChI=1S/C20H22BrNO3/c1-3-9-25-19-13(2)5-4-6-17(19)22-12-14-7-8-16(21)10-15(14)11-18(22)20(23)24/h4-8,10,18H,3,9,11-12H2,1-2H3,(H,23,24). The Morgan fingerprint density at radius 3 is 2.84 bits per heavy atom. The largest absolute Gasteiger partial charge is 0.491 e. The molecule has 0 amide bonds. The number of aryl methyl sites for hydroxylation is 1. The molecule has 3 rings (SSSR count). The second kappa shape index (κ2) is 7.48. The van der Waals surface area contributed by atoms with Crippen molar-refractivity contribution in [2.75, 3.05) is 11.5 Å². The summed E-state index contributed by atoms with van der Waals surface area (Å²) in [7, 11) is 0. The third-order valence-electron chi connectivity index (χ3n) is 4.53. The molecule has 25 heavy (non-hydrogen) atoms. The molecule has 2 aromatic rings. The molecule has 1 heterocycles. The zero-order valence-electron chi connectivity index (χ0n) is 14.5. The maximum Gasteiger partial charge on any atom is 0.326 e. The highest BCUT2D eigenvalue weighted by atomic mass is 79.9. The number of ether oxygens (including phenoxy) is 1. The number of rotatable bonds is 5. The van der Waals surface area contributed by atoms with E-state index in [9.17, 15) is 9.90 Å². The van der Waals surface area contributed by atoms with Crippen molar-refractivity contribution in [1.29, 1.82) is 0 Å². The highest BCUT2D eigenvalue weighted by molar-refractivity contribution is 9.10. The number of para-hydroxylation sites is 1. The minimum atomic E-state index is -0.812. The first-order valence-electron chi connectivity index (χ1n) is 8.50. The molecule has 5 heteroatoms. The first-order valence-corrected chi connectivity index (χ1v) is 9.29. The number of hydrogen-bond donors (Lipinski definition) is 1. The number of carbonyl (C=O) groups is 1. The van der Waals surface area contributed by atoms with Crippen LogP contribution in [0.15, 0.2) is 40.9 Å². The van der Waals surface area contributed by atoms with Crippen LogP contribution in [0.5, 0.6) is 5.75 Å². The van der Waals surface area contributed by atoms with Crippen LogP contribution < -0.4 is 9.64 Å². The van der Waals surface area contributed by atoms with Gasteiger partial charge in [0, 0.05) is 17.4 Å². The number of anilines is 1. The van der Waals surface area contributed by atoms with Crippen molar-refractivity contribution < 1.29 is 14.6 Å². The average molecular weight is 404 g/mol. The number of halogens is 1. The number of carboxylic acids is 1. The van der Waals surface area contributed by atoms with Gasteiger partial charge in [0.2, 0.25) is 0 Å². The number of carboxylic acid groups (broad SMARTS) is 1. The van der Waals surface area contributed by atoms with E-state index in [1.54, 1.807) is 0 Å². The maximum atomic E-state index is 11.9. The lowest BCUT2D eigenvalue weighted by Crippen LogP contribution is -2.46. The van der Waals surface area contributed by atoms with Gasteiger partial charge in [0.15, 0.2) is 0 Å². The van der Waals surface area contributed by atoms with Gasteiger partial charge in [-0.05, 0) is 48.2 Å². The zero-order chi connectivity index (χ0) is 18.0. The van der Waals surface area contributed by atoms with Gasteiger partial charge in [0.1, 0.15) is 11.8 Å². The summed E-state index contributed by atoms with van der Waals surface area (Å²) in [4.78, 5) is 13.9. The quantitative estimate of drug-likeness (QED) is 0.794. The van der Waals surface area contributed by atoms with Crippen LogP contribution in [0.2, 0.25) is 0 Å². The fourth-order valence-electron chi connectivity index (χ4n) is 3.28. The highest BCUT2D eigenvalue weighted by Gasteiger charge is 2.33. The van der Waals surface area contributed by atoms with Gasteiger partial charge in [-0.3, -0.25) is 0 Å². The predicted octanol–water partition coefficient (Wildman–Crippen LogP) is 4.56. The highest BCUT2D eigenvalue weighted by Crippen LogP contribution is 2.37. The molecule has 2 aromatic carbocycles. The lowest BCUT2D eigenvalue weighted by atomic mass is 9.93. The average Bonchev–Trinajstić information content (AvgIpc) is 2.59. The Morgan fingerprint density at radius 2 is 2.12 bits per heavy atom. The Labute approximate surface area is 156 Å². The van der Waals surface area contributed by atoms with Gasteiger partial charge in [-0.25, -0.2) is 4.79 Å². The third-order valence-corrected chi connectivity index (χ3v) is 5.03. The molecule has 0 saturated carbocycles. The van der Waals surface area contributed by atoms with Crippen LogP contribution in [0, 0.1) is 6.92 Å². The second-order valence-corrected chi connectivity index (χ2v) is 7.29. The number of hydrogen-bond acceptors (Lipinski definition) is 3. The molecule has 0 saturated heterocycles. The minimum absolute atomic E-state index is 0.477. The summed E-state index contributed by atoms with van der Waals surface area (Å²) in [6, 6.07) is 11.4. The Kier molecular flexibility index (Phi) is 5.33. The van der Waals surface area contributed by atoms with Crippen molar-refractivity contribution in [3.63, 3.8) is 0 Å². The number of nitrogens with zero attached hydrogens (tertiary/aromatic N) is 1. The summed E-state index contributed by atoms with van der Waals surface area (Å²) in [6.45, 7) is 5.24. The Hall–Kier alpha value is -2.01. The third kappa shape index (κ3) is 3.66. The van der Waals surface area contributed by atoms with E-state index in [2.05, 4.69) is 28.9 Å². The van der Waals surface area contributed by atoms with Crippen molar-refractivity contribution in [3.05, 3.63) is 57.6 Å². The van der Waals surface area contributed by atoms with Crippen molar-refractivity contribution in [3.8, 4) is 5.75 Å². The van der Waals surface area contributed by atoms with E-state index in [0.29, 0.717) is 19.6 Å². The first-order chi connectivity index (χ1) is 12.0. The molecule has 1 unspecified atom stereocenters. The van der Waals surface area contributed by atoms with Crippen LogP contribution in [-0.2, 0) is 17.8 Å². The van der Waals surface area contributed by atoms with Crippen LogP contribution in [0.4, 0.5) is 5.69 Å². The van der Waals surface area contributed by atoms with Crippen LogP contribution in [-0.4, -0.2) is 23.7 Å². The van der Waals surface area contributed by atoms with E-state index in [0.717, 1.165) is 39.0 Å². The minimum Gasteiger partial charge on any atom is -0.491 e. The zero-order valence-corrected chi connectivity index (χ0v) is 16.0. The molecule has 0 radical (unpaired) electrons. The monoisotopic (exact) mass is 403 g/mol. The van der Waals surface area contributed by atoms with Gasteiger partial charge in [-0.2, -0.15) is 0 Å². The van der Waals surface area contributed by atoms with Gasteiger partial charge < -0.3 is 14.7 Å². The topological polar surface area (TPSA) is 49.8 Å². The summed E-state index contributed by atoms with van der Waals surface area (Å²) in [5, 5.41) is 9.81. The summed E-state index contributed by atoms with van der Waals surface area (Å²) >= 11 is 3.48. The molecule has 1 N–H and O–H groups in total. The lowest BCUT2D eigenvalue weighted by Gasteiger charge is -2.37. The molecular weight excluding hydrogens is 382 g/mol. The molecule has 1 aliphatic rings. The van der Waals surface area contributed by atoms with Crippen molar-refractivity contribution in [1.82, 2.24) is 0 Å². The van der Waals surface area contributed by atoms with Gasteiger partial charge in [0.05, 0.1) is 12.3 Å². The van der Waals surface area contributed by atoms with Crippen molar-refractivity contribution in [2.24, 2.45) is 0 Å². The van der Waals surface area contributed by atoms with Crippen LogP contribution in [0.3, 0.4) is 0 Å². The molecule has 4 nitrogen and oxygen atoms in total. The van der Waals surface area contributed by atoms with Crippen molar-refractivity contribution >= 4 is 27.6 Å². The number of fused-ring (bicyclic) bond motifs is 1. The number of aliphatic carboxylic acids is 1. The van der Waals surface area contributed by atoms with E-state index in [1.165, 1.54) is 0 Å². The lowest BCUT2D eigenvalue weighted by molar-refractivity contribution is -0.138. The molecule has 1 aliphatic heterocycles. The molecule has 132 valence electrons. The molecule has 1 atom stereocenters. The van der Waals surface area contributed by atoms with E-state index < -0.39 is 12.0 Å². The Balaban J connectivity index is 2.04. The van der Waals surface area contributed by atoms with Gasteiger partial charge in [-0.1, -0.05) is 41.1 Å². The van der Waals surface area contributed by atoms with E-state index >= 15 is 0 Å². The van der Waals surface area contributed by atoms with Crippen LogP contribution >= 0.6 is 15.9 Å². The van der Waals surface area contributed by atoms with Crippen LogP contribution in [0.1, 0.15) is 30.0 Å². The Bertz CT molecular complexity index is 791. The van der Waals surface area contributed by atoms with E-state index in [4.69, 9.17) is 4.74 Å². The van der Waals surface area contributed by atoms with Gasteiger partial charge >= 0.3 is 5.97 Å². The van der Waals surface area contributed by atoms with E-state index in [1.807, 2.05) is 42.2 Å². The summed E-state index contributed by atoms with van der Waals surface area (Å²) in [6.07, 6.45) is 1.39. The molecule has 0 aromatic heterocycles. The van der Waals surface area contributed by atoms with Crippen molar-refractivity contribution in [2.45, 2.75) is 39.3 Å². The SMILES string of the molecule is CCCOc1c(C)cccc1N1Cc2ccc(Br)cc2CC1C(=O)O. The summed E-state index contributed by atoms with van der Waals surface area (Å²) < 4.78 is 6.94. The van der Waals surface area contributed by atoms with E-state index in [-0.39, 0.29) is 0 Å². The van der Waals surface area contributed by atoms with Gasteiger partial charge in [-0.15, -0.1) is 0 Å². The van der Waals surface area contributed by atoms with Crippen LogP contribution in [0.25, 0.3) is 0 Å². The molecule has 0 spiro atoms. The molecule has 0 aliphatic carbocycles. The second-order valence-electron chi connectivity index (χ2n) is 6.37. The fourth-order valence-corrected chi connectivity index (χ4v) is 3.69. The molecule has 0 bridgehead atoms. The summed E-state index contributed by atoms with van der Waals surface area (Å²) in [5.41, 5.74) is 4.12. The normalized spacial score (nSPS) is 16.4. The number of benzene rings is 2.